The lowest BCUT2D eigenvalue weighted by Crippen LogP contribution is -2.41. The Morgan fingerprint density at radius 2 is 2.19 bits per heavy atom. The summed E-state index contributed by atoms with van der Waals surface area (Å²) in [5.41, 5.74) is 0. The molecule has 1 aromatic rings. The van der Waals surface area contributed by atoms with E-state index in [1.165, 1.54) is 0 Å². The van der Waals surface area contributed by atoms with Crippen LogP contribution in [0.15, 0.2) is 29.2 Å². The molecule has 21 heavy (non-hydrogen) atoms. The fourth-order valence-corrected chi connectivity index (χ4v) is 3.51. The third kappa shape index (κ3) is 4.90. The third-order valence-electron chi connectivity index (χ3n) is 3.62. The third-order valence-corrected chi connectivity index (χ3v) is 4.97. The van der Waals surface area contributed by atoms with E-state index in [1.807, 2.05) is 43.0 Å². The van der Waals surface area contributed by atoms with Gasteiger partial charge in [0.15, 0.2) is 0 Å². The highest BCUT2D eigenvalue weighted by Gasteiger charge is 2.25. The standard InChI is InChI=1S/C16H22ClNO2S/c1-3-18(11-14-5-4-10-20-14)16(19)12(2)21-15-8-6-13(17)7-9-15/h6-9,12,14H,3-5,10-11H2,1-2H3. The van der Waals surface area contributed by atoms with Crippen LogP contribution in [-0.4, -0.2) is 41.9 Å². The number of nitrogens with zero attached hydrogens (tertiary/aromatic N) is 1. The highest BCUT2D eigenvalue weighted by Crippen LogP contribution is 2.26. The summed E-state index contributed by atoms with van der Waals surface area (Å²) in [6, 6.07) is 7.61. The summed E-state index contributed by atoms with van der Waals surface area (Å²) in [6.07, 6.45) is 2.37. The van der Waals surface area contributed by atoms with Gasteiger partial charge in [-0.25, -0.2) is 0 Å². The molecule has 0 aliphatic carbocycles. The molecule has 0 bridgehead atoms. The molecule has 1 aromatic carbocycles. The summed E-state index contributed by atoms with van der Waals surface area (Å²) in [7, 11) is 0. The predicted octanol–water partition coefficient (Wildman–Crippen LogP) is 3.85. The molecular weight excluding hydrogens is 306 g/mol. The number of ether oxygens (including phenoxy) is 1. The van der Waals surface area contributed by atoms with Gasteiger partial charge in [0.25, 0.3) is 0 Å². The van der Waals surface area contributed by atoms with Gasteiger partial charge in [-0.1, -0.05) is 11.6 Å². The largest absolute Gasteiger partial charge is 0.376 e. The lowest BCUT2D eigenvalue weighted by atomic mass is 10.2. The number of amides is 1. The molecule has 0 spiro atoms. The summed E-state index contributed by atoms with van der Waals surface area (Å²) in [6.45, 7) is 6.24. The Morgan fingerprint density at radius 1 is 1.48 bits per heavy atom. The van der Waals surface area contributed by atoms with E-state index in [9.17, 15) is 4.79 Å². The zero-order valence-electron chi connectivity index (χ0n) is 12.5. The van der Waals surface area contributed by atoms with Gasteiger partial charge in [-0.15, -0.1) is 11.8 Å². The van der Waals surface area contributed by atoms with Crippen LogP contribution in [0.2, 0.25) is 5.02 Å². The van der Waals surface area contributed by atoms with E-state index in [4.69, 9.17) is 16.3 Å². The van der Waals surface area contributed by atoms with E-state index < -0.39 is 0 Å². The van der Waals surface area contributed by atoms with Crippen molar-refractivity contribution in [2.45, 2.75) is 42.9 Å². The zero-order valence-corrected chi connectivity index (χ0v) is 14.1. The van der Waals surface area contributed by atoms with Crippen molar-refractivity contribution in [3.8, 4) is 0 Å². The van der Waals surface area contributed by atoms with Crippen LogP contribution in [-0.2, 0) is 9.53 Å². The van der Waals surface area contributed by atoms with E-state index in [-0.39, 0.29) is 17.3 Å². The minimum Gasteiger partial charge on any atom is -0.376 e. The van der Waals surface area contributed by atoms with Crippen LogP contribution < -0.4 is 0 Å². The van der Waals surface area contributed by atoms with Crippen molar-refractivity contribution in [2.24, 2.45) is 0 Å². The molecule has 0 saturated carbocycles. The van der Waals surface area contributed by atoms with Crippen LogP contribution in [0.5, 0.6) is 0 Å². The summed E-state index contributed by atoms with van der Waals surface area (Å²) in [5, 5.41) is 0.611. The Labute approximate surface area is 136 Å². The number of benzene rings is 1. The Balaban J connectivity index is 1.91. The van der Waals surface area contributed by atoms with Crippen LogP contribution in [0.3, 0.4) is 0 Å². The number of halogens is 1. The molecule has 116 valence electrons. The quantitative estimate of drug-likeness (QED) is 0.743. The number of thioether (sulfide) groups is 1. The molecular formula is C16H22ClNO2S. The summed E-state index contributed by atoms with van der Waals surface area (Å²) >= 11 is 7.45. The van der Waals surface area contributed by atoms with Gasteiger partial charge < -0.3 is 9.64 Å². The van der Waals surface area contributed by atoms with Gasteiger partial charge in [0.1, 0.15) is 0 Å². The Hall–Kier alpha value is -0.710. The Morgan fingerprint density at radius 3 is 2.76 bits per heavy atom. The predicted molar refractivity (Wildman–Crippen MR) is 88.0 cm³/mol. The number of carbonyl (C=O) groups is 1. The summed E-state index contributed by atoms with van der Waals surface area (Å²) in [4.78, 5) is 15.5. The number of hydrogen-bond acceptors (Lipinski definition) is 3. The average molecular weight is 328 g/mol. The van der Waals surface area contributed by atoms with Crippen molar-refractivity contribution >= 4 is 29.3 Å². The first kappa shape index (κ1) is 16.7. The van der Waals surface area contributed by atoms with Crippen LogP contribution >= 0.6 is 23.4 Å². The molecule has 3 nitrogen and oxygen atoms in total. The van der Waals surface area contributed by atoms with Crippen molar-refractivity contribution in [1.82, 2.24) is 4.90 Å². The van der Waals surface area contributed by atoms with Crippen molar-refractivity contribution in [3.05, 3.63) is 29.3 Å². The fourth-order valence-electron chi connectivity index (χ4n) is 2.43. The molecule has 0 radical (unpaired) electrons. The molecule has 1 saturated heterocycles. The maximum absolute atomic E-state index is 12.6. The highest BCUT2D eigenvalue weighted by atomic mass is 35.5. The molecule has 0 aromatic heterocycles. The van der Waals surface area contributed by atoms with Gasteiger partial charge in [0.2, 0.25) is 5.91 Å². The van der Waals surface area contributed by atoms with Gasteiger partial charge in [0, 0.05) is 29.6 Å². The minimum atomic E-state index is -0.104. The first-order valence-electron chi connectivity index (χ1n) is 7.42. The normalized spacial score (nSPS) is 19.5. The lowest BCUT2D eigenvalue weighted by Gasteiger charge is -2.26. The second kappa shape index (κ2) is 8.06. The SMILES string of the molecule is CCN(CC1CCCO1)C(=O)C(C)Sc1ccc(Cl)cc1. The highest BCUT2D eigenvalue weighted by molar-refractivity contribution is 8.00. The maximum atomic E-state index is 12.6. The number of hydrogen-bond donors (Lipinski definition) is 0. The van der Waals surface area contributed by atoms with E-state index in [1.54, 1.807) is 11.8 Å². The molecule has 5 heteroatoms. The number of rotatable bonds is 6. The van der Waals surface area contributed by atoms with Crippen molar-refractivity contribution < 1.29 is 9.53 Å². The molecule has 2 atom stereocenters. The number of carbonyl (C=O) groups excluding carboxylic acids is 1. The molecule has 2 rings (SSSR count). The second-order valence-electron chi connectivity index (χ2n) is 5.23. The minimum absolute atomic E-state index is 0.104. The maximum Gasteiger partial charge on any atom is 0.235 e. The molecule has 1 aliphatic heterocycles. The number of likely N-dealkylation sites (N-methyl/N-ethyl adjacent to an activating group) is 1. The average Bonchev–Trinajstić information content (AvgIpc) is 2.99. The molecule has 1 amide bonds. The first-order valence-corrected chi connectivity index (χ1v) is 8.68. The monoisotopic (exact) mass is 327 g/mol. The molecule has 2 unspecified atom stereocenters. The van der Waals surface area contributed by atoms with E-state index >= 15 is 0 Å². The second-order valence-corrected chi connectivity index (χ2v) is 7.08. The van der Waals surface area contributed by atoms with Crippen LogP contribution in [0.1, 0.15) is 26.7 Å². The van der Waals surface area contributed by atoms with Gasteiger partial charge in [-0.3, -0.25) is 4.79 Å². The van der Waals surface area contributed by atoms with Gasteiger partial charge in [0.05, 0.1) is 11.4 Å². The first-order chi connectivity index (χ1) is 10.1. The van der Waals surface area contributed by atoms with E-state index in [2.05, 4.69) is 0 Å². The zero-order chi connectivity index (χ0) is 15.2. The molecule has 0 N–H and O–H groups in total. The van der Waals surface area contributed by atoms with Crippen molar-refractivity contribution in [2.75, 3.05) is 19.7 Å². The van der Waals surface area contributed by atoms with Gasteiger partial charge in [-0.05, 0) is 51.0 Å². The fraction of sp³-hybridized carbons (Fsp3) is 0.562. The summed E-state index contributed by atoms with van der Waals surface area (Å²) < 4.78 is 5.63. The lowest BCUT2D eigenvalue weighted by molar-refractivity contribution is -0.131. The molecule has 1 fully saturated rings. The molecule has 1 heterocycles. The van der Waals surface area contributed by atoms with Gasteiger partial charge in [-0.2, -0.15) is 0 Å². The molecule has 1 aliphatic rings. The smallest absolute Gasteiger partial charge is 0.235 e. The van der Waals surface area contributed by atoms with Crippen molar-refractivity contribution in [1.29, 1.82) is 0 Å². The summed E-state index contributed by atoms with van der Waals surface area (Å²) in [5.74, 6) is 0.174. The van der Waals surface area contributed by atoms with Crippen LogP contribution in [0.25, 0.3) is 0 Å². The Bertz CT molecular complexity index is 460. The van der Waals surface area contributed by atoms with E-state index in [0.717, 1.165) is 30.9 Å². The van der Waals surface area contributed by atoms with Crippen LogP contribution in [0, 0.1) is 0 Å². The Kier molecular flexibility index (Phi) is 6.40. The van der Waals surface area contributed by atoms with Crippen molar-refractivity contribution in [3.63, 3.8) is 0 Å². The van der Waals surface area contributed by atoms with Crippen LogP contribution in [0.4, 0.5) is 0 Å². The van der Waals surface area contributed by atoms with Gasteiger partial charge >= 0.3 is 0 Å². The topological polar surface area (TPSA) is 29.5 Å². The van der Waals surface area contributed by atoms with E-state index in [0.29, 0.717) is 11.6 Å².